The van der Waals surface area contributed by atoms with Crippen LogP contribution in [0.25, 0.3) is 0 Å². The summed E-state index contributed by atoms with van der Waals surface area (Å²) in [6.07, 6.45) is 0. The van der Waals surface area contributed by atoms with E-state index in [2.05, 4.69) is 9.46 Å². The van der Waals surface area contributed by atoms with Crippen LogP contribution in [-0.2, 0) is 19.6 Å². The maximum atomic E-state index is 13.3. The van der Waals surface area contributed by atoms with Crippen LogP contribution in [0.15, 0.2) is 23.1 Å². The van der Waals surface area contributed by atoms with Crippen LogP contribution in [0.3, 0.4) is 0 Å². The summed E-state index contributed by atoms with van der Waals surface area (Å²) in [4.78, 5) is 10.9. The first-order valence-corrected chi connectivity index (χ1v) is 6.62. The predicted molar refractivity (Wildman–Crippen MR) is 62.9 cm³/mol. The molecule has 0 aliphatic heterocycles. The second kappa shape index (κ2) is 5.45. The van der Waals surface area contributed by atoms with Gasteiger partial charge in [0.1, 0.15) is 11.9 Å². The van der Waals surface area contributed by atoms with Gasteiger partial charge in [0.2, 0.25) is 10.0 Å². The van der Waals surface area contributed by atoms with Crippen molar-refractivity contribution in [3.05, 3.63) is 29.6 Å². The lowest BCUT2D eigenvalue weighted by Gasteiger charge is -2.12. The van der Waals surface area contributed by atoms with Gasteiger partial charge in [-0.15, -0.1) is 0 Å². The lowest BCUT2D eigenvalue weighted by Crippen LogP contribution is -2.39. The number of methoxy groups -OCH3 is 1. The lowest BCUT2D eigenvalue weighted by molar-refractivity contribution is -0.142. The second-order valence-electron chi connectivity index (χ2n) is 3.78. The third kappa shape index (κ3) is 3.27. The van der Waals surface area contributed by atoms with Crippen molar-refractivity contribution in [3.63, 3.8) is 0 Å². The molecule has 1 rings (SSSR count). The standard InChI is InChI=1S/C11H14FNO4S/c1-7-4-5-9(6-10(7)12)18(15,16)13-8(2)11(14)17-3/h4-6,8,13H,1-3H3/t8-/m0/s1. The van der Waals surface area contributed by atoms with E-state index < -0.39 is 27.9 Å². The Morgan fingerprint density at radius 3 is 2.56 bits per heavy atom. The molecular formula is C11H14FNO4S. The van der Waals surface area contributed by atoms with E-state index >= 15 is 0 Å². The highest BCUT2D eigenvalue weighted by Crippen LogP contribution is 2.14. The van der Waals surface area contributed by atoms with Gasteiger partial charge in [-0.3, -0.25) is 4.79 Å². The van der Waals surface area contributed by atoms with Gasteiger partial charge >= 0.3 is 5.97 Å². The first-order chi connectivity index (χ1) is 8.27. The number of hydrogen-bond donors (Lipinski definition) is 1. The molecule has 1 aromatic carbocycles. The van der Waals surface area contributed by atoms with Crippen molar-refractivity contribution in [3.8, 4) is 0 Å². The van der Waals surface area contributed by atoms with E-state index in [1.54, 1.807) is 0 Å². The highest BCUT2D eigenvalue weighted by atomic mass is 32.2. The molecule has 7 heteroatoms. The molecule has 1 atom stereocenters. The Morgan fingerprint density at radius 1 is 1.44 bits per heavy atom. The third-order valence-electron chi connectivity index (χ3n) is 2.34. The van der Waals surface area contributed by atoms with Crippen LogP contribution in [0, 0.1) is 12.7 Å². The molecule has 0 heterocycles. The number of ether oxygens (including phenoxy) is 1. The van der Waals surface area contributed by atoms with Crippen LogP contribution in [0.2, 0.25) is 0 Å². The smallest absolute Gasteiger partial charge is 0.323 e. The third-order valence-corrected chi connectivity index (χ3v) is 3.88. The van der Waals surface area contributed by atoms with Crippen molar-refractivity contribution < 1.29 is 22.3 Å². The zero-order valence-corrected chi connectivity index (χ0v) is 11.0. The molecule has 1 aromatic rings. The average molecular weight is 275 g/mol. The fourth-order valence-corrected chi connectivity index (χ4v) is 2.47. The van der Waals surface area contributed by atoms with Crippen molar-refractivity contribution >= 4 is 16.0 Å². The molecule has 0 amide bonds. The summed E-state index contributed by atoms with van der Waals surface area (Å²) >= 11 is 0. The van der Waals surface area contributed by atoms with Gasteiger partial charge in [0.05, 0.1) is 12.0 Å². The van der Waals surface area contributed by atoms with Crippen molar-refractivity contribution in [2.45, 2.75) is 24.8 Å². The van der Waals surface area contributed by atoms with Crippen LogP contribution in [-0.4, -0.2) is 27.5 Å². The van der Waals surface area contributed by atoms with Gasteiger partial charge in [0, 0.05) is 0 Å². The Hall–Kier alpha value is -1.47. The number of benzene rings is 1. The van der Waals surface area contributed by atoms with E-state index in [1.165, 1.54) is 26.0 Å². The molecule has 1 N–H and O–H groups in total. The highest BCUT2D eigenvalue weighted by molar-refractivity contribution is 7.89. The van der Waals surface area contributed by atoms with E-state index in [0.717, 1.165) is 13.2 Å². The molecule has 0 aliphatic carbocycles. The number of carbonyl (C=O) groups excluding carboxylic acids is 1. The highest BCUT2D eigenvalue weighted by Gasteiger charge is 2.22. The van der Waals surface area contributed by atoms with Crippen molar-refractivity contribution in [2.75, 3.05) is 7.11 Å². The van der Waals surface area contributed by atoms with Gasteiger partial charge in [-0.25, -0.2) is 12.8 Å². The van der Waals surface area contributed by atoms with Gasteiger partial charge in [0.15, 0.2) is 0 Å². The summed E-state index contributed by atoms with van der Waals surface area (Å²) in [6.45, 7) is 2.87. The summed E-state index contributed by atoms with van der Waals surface area (Å²) in [5.41, 5.74) is 0.343. The Labute approximate surface area is 105 Å². The molecular weight excluding hydrogens is 261 g/mol. The number of aryl methyl sites for hydroxylation is 1. The number of hydrogen-bond acceptors (Lipinski definition) is 4. The minimum absolute atomic E-state index is 0.235. The van der Waals surface area contributed by atoms with Crippen molar-refractivity contribution in [1.82, 2.24) is 4.72 Å². The molecule has 0 aromatic heterocycles. The molecule has 100 valence electrons. The molecule has 0 bridgehead atoms. The van der Waals surface area contributed by atoms with E-state index in [1.807, 2.05) is 0 Å². The first kappa shape index (κ1) is 14.6. The number of halogens is 1. The normalized spacial score (nSPS) is 13.1. The SMILES string of the molecule is COC(=O)[C@H](C)NS(=O)(=O)c1ccc(C)c(F)c1. The molecule has 0 saturated carbocycles. The number of nitrogens with one attached hydrogen (secondary N) is 1. The number of sulfonamides is 1. The summed E-state index contributed by atoms with van der Waals surface area (Å²) in [5, 5.41) is 0. The van der Waals surface area contributed by atoms with Gasteiger partial charge in [-0.05, 0) is 31.5 Å². The summed E-state index contributed by atoms with van der Waals surface area (Å²) in [5.74, 6) is -1.34. The Morgan fingerprint density at radius 2 is 2.06 bits per heavy atom. The summed E-state index contributed by atoms with van der Waals surface area (Å²) < 4.78 is 43.5. The van der Waals surface area contributed by atoms with Crippen LogP contribution < -0.4 is 4.72 Å². The maximum Gasteiger partial charge on any atom is 0.323 e. The van der Waals surface area contributed by atoms with Crippen LogP contribution >= 0.6 is 0 Å². The summed E-state index contributed by atoms with van der Waals surface area (Å²) in [6, 6.07) is 2.49. The molecule has 5 nitrogen and oxygen atoms in total. The van der Waals surface area contributed by atoms with Gasteiger partial charge in [-0.2, -0.15) is 4.72 Å². The quantitative estimate of drug-likeness (QED) is 0.831. The van der Waals surface area contributed by atoms with E-state index in [-0.39, 0.29) is 4.90 Å². The van der Waals surface area contributed by atoms with Crippen LogP contribution in [0.4, 0.5) is 4.39 Å². The topological polar surface area (TPSA) is 72.5 Å². The molecule has 0 unspecified atom stereocenters. The molecule has 0 radical (unpaired) electrons. The fourth-order valence-electron chi connectivity index (χ4n) is 1.27. The van der Waals surface area contributed by atoms with E-state index in [0.29, 0.717) is 5.56 Å². The van der Waals surface area contributed by atoms with E-state index in [4.69, 9.17) is 0 Å². The van der Waals surface area contributed by atoms with Crippen LogP contribution in [0.1, 0.15) is 12.5 Å². The van der Waals surface area contributed by atoms with Gasteiger partial charge in [-0.1, -0.05) is 6.07 Å². The van der Waals surface area contributed by atoms with Crippen LogP contribution in [0.5, 0.6) is 0 Å². The van der Waals surface area contributed by atoms with Crippen molar-refractivity contribution in [1.29, 1.82) is 0 Å². The Balaban J connectivity index is 3.00. The molecule has 0 fully saturated rings. The zero-order valence-electron chi connectivity index (χ0n) is 10.2. The second-order valence-corrected chi connectivity index (χ2v) is 5.49. The van der Waals surface area contributed by atoms with Gasteiger partial charge < -0.3 is 4.74 Å². The Kier molecular flexibility index (Phi) is 4.42. The predicted octanol–water partition coefficient (Wildman–Crippen LogP) is 0.974. The monoisotopic (exact) mass is 275 g/mol. The number of carbonyl (C=O) groups is 1. The minimum Gasteiger partial charge on any atom is -0.468 e. The number of rotatable bonds is 4. The van der Waals surface area contributed by atoms with Crippen molar-refractivity contribution in [2.24, 2.45) is 0 Å². The first-order valence-electron chi connectivity index (χ1n) is 5.14. The minimum atomic E-state index is -3.94. The molecule has 0 aliphatic rings. The largest absolute Gasteiger partial charge is 0.468 e. The zero-order chi connectivity index (χ0) is 13.9. The maximum absolute atomic E-state index is 13.3. The average Bonchev–Trinajstić information content (AvgIpc) is 2.30. The number of esters is 1. The summed E-state index contributed by atoms with van der Waals surface area (Å²) in [7, 11) is -2.79. The van der Waals surface area contributed by atoms with Gasteiger partial charge in [0.25, 0.3) is 0 Å². The molecule has 0 saturated heterocycles. The molecule has 0 spiro atoms. The fraction of sp³-hybridized carbons (Fsp3) is 0.364. The molecule has 18 heavy (non-hydrogen) atoms. The lowest BCUT2D eigenvalue weighted by atomic mass is 10.2. The van der Waals surface area contributed by atoms with E-state index in [9.17, 15) is 17.6 Å². The Bertz CT molecular complexity index is 556.